The first-order valence-corrected chi connectivity index (χ1v) is 8.02. The van der Waals surface area contributed by atoms with Gasteiger partial charge in [0.1, 0.15) is 0 Å². The predicted octanol–water partition coefficient (Wildman–Crippen LogP) is 2.90. The predicted molar refractivity (Wildman–Crippen MR) is 82.6 cm³/mol. The third-order valence-electron chi connectivity index (χ3n) is 4.47. The lowest BCUT2D eigenvalue weighted by molar-refractivity contribution is -0.0546. The maximum atomic E-state index is 5.85. The minimum Gasteiger partial charge on any atom is -0.375 e. The molecule has 0 spiro atoms. The van der Waals surface area contributed by atoms with Crippen LogP contribution in [0.2, 0.25) is 0 Å². The largest absolute Gasteiger partial charge is 0.375 e. The second kappa shape index (κ2) is 7.61. The molecule has 3 heteroatoms. The van der Waals surface area contributed by atoms with Crippen LogP contribution in [0.4, 0.5) is 0 Å². The van der Waals surface area contributed by atoms with Crippen LogP contribution >= 0.6 is 0 Å². The molecule has 0 aromatic carbocycles. The molecule has 1 heterocycles. The zero-order valence-electron chi connectivity index (χ0n) is 13.8. The van der Waals surface area contributed by atoms with E-state index in [1.54, 1.807) is 0 Å². The maximum Gasteiger partial charge on any atom is 0.0752 e. The van der Waals surface area contributed by atoms with E-state index in [2.05, 4.69) is 51.8 Å². The molecule has 1 aliphatic rings. The van der Waals surface area contributed by atoms with E-state index in [-0.39, 0.29) is 5.60 Å². The number of likely N-dealkylation sites (tertiary alicyclic amines) is 1. The van der Waals surface area contributed by atoms with E-state index in [9.17, 15) is 0 Å². The van der Waals surface area contributed by atoms with E-state index in [0.29, 0.717) is 18.0 Å². The standard InChI is InChI=1S/C16H34N2O/c1-7-10-17-15-9-11-18(14(4)13(15)3)12-16(5,6)19-8-2/h13-15,17H,7-12H2,1-6H3. The monoisotopic (exact) mass is 270 g/mol. The molecule has 0 amide bonds. The highest BCUT2D eigenvalue weighted by molar-refractivity contribution is 4.90. The van der Waals surface area contributed by atoms with Crippen LogP contribution in [0, 0.1) is 5.92 Å². The van der Waals surface area contributed by atoms with Crippen molar-refractivity contribution in [1.82, 2.24) is 10.2 Å². The molecule has 114 valence electrons. The molecular weight excluding hydrogens is 236 g/mol. The van der Waals surface area contributed by atoms with Crippen molar-refractivity contribution in [3.05, 3.63) is 0 Å². The number of ether oxygens (including phenoxy) is 1. The highest BCUT2D eigenvalue weighted by atomic mass is 16.5. The molecule has 1 aliphatic heterocycles. The van der Waals surface area contributed by atoms with Gasteiger partial charge in [0.25, 0.3) is 0 Å². The van der Waals surface area contributed by atoms with Gasteiger partial charge in [-0.2, -0.15) is 0 Å². The molecule has 0 bridgehead atoms. The van der Waals surface area contributed by atoms with Gasteiger partial charge in [-0.25, -0.2) is 0 Å². The van der Waals surface area contributed by atoms with E-state index in [1.807, 2.05) is 0 Å². The number of rotatable bonds is 7. The lowest BCUT2D eigenvalue weighted by atomic mass is 9.86. The summed E-state index contributed by atoms with van der Waals surface area (Å²) in [6.45, 7) is 17.6. The van der Waals surface area contributed by atoms with Gasteiger partial charge in [0, 0.05) is 31.8 Å². The summed E-state index contributed by atoms with van der Waals surface area (Å²) in [4.78, 5) is 2.60. The third kappa shape index (κ3) is 5.05. The number of hydrogen-bond acceptors (Lipinski definition) is 3. The molecule has 3 unspecified atom stereocenters. The fourth-order valence-electron chi connectivity index (χ4n) is 3.21. The quantitative estimate of drug-likeness (QED) is 0.770. The smallest absolute Gasteiger partial charge is 0.0752 e. The molecule has 19 heavy (non-hydrogen) atoms. The van der Waals surface area contributed by atoms with E-state index in [1.165, 1.54) is 19.4 Å². The average molecular weight is 270 g/mol. The van der Waals surface area contributed by atoms with Crippen LogP contribution in [0.15, 0.2) is 0 Å². The van der Waals surface area contributed by atoms with Crippen LogP contribution in [-0.2, 0) is 4.74 Å². The van der Waals surface area contributed by atoms with Gasteiger partial charge < -0.3 is 10.1 Å². The van der Waals surface area contributed by atoms with Crippen LogP contribution in [0.1, 0.15) is 54.4 Å². The molecule has 3 atom stereocenters. The Bertz CT molecular complexity index is 255. The summed E-state index contributed by atoms with van der Waals surface area (Å²) in [5.41, 5.74) is -0.0353. The van der Waals surface area contributed by atoms with Crippen molar-refractivity contribution >= 4 is 0 Å². The minimum absolute atomic E-state index is 0.0353. The molecule has 0 saturated carbocycles. The van der Waals surface area contributed by atoms with Crippen molar-refractivity contribution < 1.29 is 4.74 Å². The van der Waals surface area contributed by atoms with E-state index in [0.717, 1.165) is 19.7 Å². The Kier molecular flexibility index (Phi) is 6.78. The second-order valence-electron chi connectivity index (χ2n) is 6.61. The molecule has 0 radical (unpaired) electrons. The van der Waals surface area contributed by atoms with Crippen molar-refractivity contribution in [2.75, 3.05) is 26.2 Å². The molecule has 0 aromatic rings. The summed E-state index contributed by atoms with van der Waals surface area (Å²) in [5, 5.41) is 3.70. The Labute approximate surface area is 120 Å². The van der Waals surface area contributed by atoms with E-state index in [4.69, 9.17) is 4.74 Å². The van der Waals surface area contributed by atoms with Gasteiger partial charge in [0.15, 0.2) is 0 Å². The highest BCUT2D eigenvalue weighted by Crippen LogP contribution is 2.26. The fourth-order valence-corrected chi connectivity index (χ4v) is 3.21. The van der Waals surface area contributed by atoms with Gasteiger partial charge in [-0.1, -0.05) is 13.8 Å². The zero-order valence-corrected chi connectivity index (χ0v) is 13.8. The second-order valence-corrected chi connectivity index (χ2v) is 6.61. The Balaban J connectivity index is 2.51. The Morgan fingerprint density at radius 1 is 1.26 bits per heavy atom. The van der Waals surface area contributed by atoms with Gasteiger partial charge in [0.2, 0.25) is 0 Å². The van der Waals surface area contributed by atoms with Crippen LogP contribution in [-0.4, -0.2) is 48.8 Å². The highest BCUT2D eigenvalue weighted by Gasteiger charge is 2.34. The molecule has 1 N–H and O–H groups in total. The third-order valence-corrected chi connectivity index (χ3v) is 4.47. The number of hydrogen-bond donors (Lipinski definition) is 1. The topological polar surface area (TPSA) is 24.5 Å². The van der Waals surface area contributed by atoms with Crippen LogP contribution in [0.25, 0.3) is 0 Å². The molecule has 3 nitrogen and oxygen atoms in total. The zero-order chi connectivity index (χ0) is 14.5. The van der Waals surface area contributed by atoms with Crippen LogP contribution in [0.3, 0.4) is 0 Å². The van der Waals surface area contributed by atoms with Gasteiger partial charge in [-0.05, 0) is 53.0 Å². The molecule has 1 fully saturated rings. The van der Waals surface area contributed by atoms with E-state index < -0.39 is 0 Å². The van der Waals surface area contributed by atoms with Crippen molar-refractivity contribution in [3.8, 4) is 0 Å². The Hall–Kier alpha value is -0.120. The minimum atomic E-state index is -0.0353. The normalized spacial score (nSPS) is 29.7. The molecule has 1 rings (SSSR count). The van der Waals surface area contributed by atoms with Crippen LogP contribution in [0.5, 0.6) is 0 Å². The molecule has 1 saturated heterocycles. The first-order chi connectivity index (χ1) is 8.91. The lowest BCUT2D eigenvalue weighted by Crippen LogP contribution is -2.56. The summed E-state index contributed by atoms with van der Waals surface area (Å²) in [6, 6.07) is 1.31. The summed E-state index contributed by atoms with van der Waals surface area (Å²) in [7, 11) is 0. The first-order valence-electron chi connectivity index (χ1n) is 8.02. The van der Waals surface area contributed by atoms with Gasteiger partial charge in [0.05, 0.1) is 5.60 Å². The Morgan fingerprint density at radius 2 is 1.95 bits per heavy atom. The van der Waals surface area contributed by atoms with Gasteiger partial charge >= 0.3 is 0 Å². The lowest BCUT2D eigenvalue weighted by Gasteiger charge is -2.45. The number of piperidine rings is 1. The molecule has 0 aliphatic carbocycles. The number of nitrogens with zero attached hydrogens (tertiary/aromatic N) is 1. The van der Waals surface area contributed by atoms with Crippen molar-refractivity contribution in [3.63, 3.8) is 0 Å². The molecular formula is C16H34N2O. The van der Waals surface area contributed by atoms with Crippen molar-refractivity contribution in [2.24, 2.45) is 5.92 Å². The summed E-state index contributed by atoms with van der Waals surface area (Å²) in [6.07, 6.45) is 2.48. The summed E-state index contributed by atoms with van der Waals surface area (Å²) in [5.74, 6) is 0.706. The SMILES string of the molecule is CCCNC1CCN(CC(C)(C)OCC)C(C)C1C. The summed E-state index contributed by atoms with van der Waals surface area (Å²) < 4.78 is 5.85. The van der Waals surface area contributed by atoms with E-state index >= 15 is 0 Å². The molecule has 0 aromatic heterocycles. The maximum absolute atomic E-state index is 5.85. The van der Waals surface area contributed by atoms with Gasteiger partial charge in [-0.3, -0.25) is 4.90 Å². The average Bonchev–Trinajstić information content (AvgIpc) is 2.34. The number of nitrogens with one attached hydrogen (secondary N) is 1. The van der Waals surface area contributed by atoms with Crippen molar-refractivity contribution in [2.45, 2.75) is 72.1 Å². The fraction of sp³-hybridized carbons (Fsp3) is 1.00. The Morgan fingerprint density at radius 3 is 2.53 bits per heavy atom. The van der Waals surface area contributed by atoms with Crippen molar-refractivity contribution in [1.29, 1.82) is 0 Å². The summed E-state index contributed by atoms with van der Waals surface area (Å²) >= 11 is 0. The van der Waals surface area contributed by atoms with Crippen LogP contribution < -0.4 is 5.32 Å². The van der Waals surface area contributed by atoms with Gasteiger partial charge in [-0.15, -0.1) is 0 Å². The first kappa shape index (κ1) is 16.9.